The lowest BCUT2D eigenvalue weighted by atomic mass is 9.87. The average Bonchev–Trinajstić information content (AvgIpc) is 2.34. The van der Waals surface area contributed by atoms with E-state index < -0.39 is 0 Å². The molecule has 0 aliphatic carbocycles. The largest absolute Gasteiger partial charge is 0.396 e. The van der Waals surface area contributed by atoms with Crippen molar-refractivity contribution in [3.63, 3.8) is 0 Å². The monoisotopic (exact) mass is 267 g/mol. The fraction of sp³-hybridized carbons (Fsp3) is 0.625. The smallest absolute Gasteiger partial charge is 0.123 e. The molecule has 1 rings (SSSR count). The minimum atomic E-state index is -0.173. The highest BCUT2D eigenvalue weighted by molar-refractivity contribution is 5.17. The van der Waals surface area contributed by atoms with Gasteiger partial charge in [0.15, 0.2) is 0 Å². The number of hydrogen-bond donors (Lipinski definition) is 2. The van der Waals surface area contributed by atoms with E-state index in [-0.39, 0.29) is 17.8 Å². The Morgan fingerprint density at radius 2 is 2.11 bits per heavy atom. The Hall–Kier alpha value is -0.930. The molecule has 0 radical (unpaired) electrons. The number of nitrogens with one attached hydrogen (secondary N) is 1. The fourth-order valence-electron chi connectivity index (χ4n) is 2.19. The van der Waals surface area contributed by atoms with Crippen molar-refractivity contribution in [1.82, 2.24) is 5.32 Å². The van der Waals surface area contributed by atoms with Crippen LogP contribution in [0, 0.1) is 11.2 Å². The van der Waals surface area contributed by atoms with Crippen molar-refractivity contribution in [3.8, 4) is 0 Å². The van der Waals surface area contributed by atoms with Crippen molar-refractivity contribution in [3.05, 3.63) is 35.6 Å². The Morgan fingerprint density at radius 3 is 2.74 bits per heavy atom. The van der Waals surface area contributed by atoms with Crippen LogP contribution in [0.4, 0.5) is 4.39 Å². The van der Waals surface area contributed by atoms with Crippen LogP contribution in [0.15, 0.2) is 24.3 Å². The molecule has 1 unspecified atom stereocenters. The van der Waals surface area contributed by atoms with Gasteiger partial charge in [-0.3, -0.25) is 0 Å². The summed E-state index contributed by atoms with van der Waals surface area (Å²) in [6, 6.07) is 7.09. The summed E-state index contributed by atoms with van der Waals surface area (Å²) in [5.41, 5.74) is 1.20. The Morgan fingerprint density at radius 1 is 1.37 bits per heavy atom. The summed E-state index contributed by atoms with van der Waals surface area (Å²) in [5.74, 6) is -0.173. The maximum Gasteiger partial charge on any atom is 0.123 e. The molecule has 0 aliphatic heterocycles. The van der Waals surface area contributed by atoms with Crippen LogP contribution < -0.4 is 5.32 Å². The van der Waals surface area contributed by atoms with Gasteiger partial charge in [-0.1, -0.05) is 26.0 Å². The molecule has 19 heavy (non-hydrogen) atoms. The molecule has 2 N–H and O–H groups in total. The molecule has 2 nitrogen and oxygen atoms in total. The van der Waals surface area contributed by atoms with E-state index in [4.69, 9.17) is 5.11 Å². The van der Waals surface area contributed by atoms with Crippen molar-refractivity contribution in [2.45, 2.75) is 46.1 Å². The van der Waals surface area contributed by atoms with Gasteiger partial charge in [-0.05, 0) is 49.3 Å². The van der Waals surface area contributed by atoms with Gasteiger partial charge in [0.2, 0.25) is 0 Å². The molecular formula is C16H26FNO. The lowest BCUT2D eigenvalue weighted by Crippen LogP contribution is -2.36. The number of hydrogen-bond acceptors (Lipinski definition) is 2. The van der Waals surface area contributed by atoms with Crippen LogP contribution in [0.2, 0.25) is 0 Å². The zero-order valence-electron chi connectivity index (χ0n) is 12.2. The van der Waals surface area contributed by atoms with E-state index in [2.05, 4.69) is 26.1 Å². The van der Waals surface area contributed by atoms with Crippen molar-refractivity contribution in [2.75, 3.05) is 13.2 Å². The molecule has 1 atom stereocenters. The summed E-state index contributed by atoms with van der Waals surface area (Å²) < 4.78 is 13.1. The van der Waals surface area contributed by atoms with E-state index >= 15 is 0 Å². The van der Waals surface area contributed by atoms with E-state index in [1.807, 2.05) is 6.07 Å². The summed E-state index contributed by atoms with van der Waals surface area (Å²) >= 11 is 0. The SMILES string of the molecule is CC(Cc1cccc(F)c1)NCC(C)(C)CCCO. The van der Waals surface area contributed by atoms with E-state index in [0.29, 0.717) is 6.04 Å². The van der Waals surface area contributed by atoms with Crippen LogP contribution in [-0.4, -0.2) is 24.3 Å². The molecule has 0 aromatic heterocycles. The molecule has 0 aliphatic rings. The minimum Gasteiger partial charge on any atom is -0.396 e. The predicted octanol–water partition coefficient (Wildman–Crippen LogP) is 3.15. The topological polar surface area (TPSA) is 32.3 Å². The summed E-state index contributed by atoms with van der Waals surface area (Å²) in [4.78, 5) is 0. The van der Waals surface area contributed by atoms with Gasteiger partial charge in [0.1, 0.15) is 5.82 Å². The molecule has 1 aromatic carbocycles. The number of aliphatic hydroxyl groups excluding tert-OH is 1. The first-order chi connectivity index (χ1) is 8.93. The van der Waals surface area contributed by atoms with Gasteiger partial charge < -0.3 is 10.4 Å². The highest BCUT2D eigenvalue weighted by Crippen LogP contribution is 2.21. The van der Waals surface area contributed by atoms with Crippen molar-refractivity contribution in [1.29, 1.82) is 0 Å². The Balaban J connectivity index is 2.37. The van der Waals surface area contributed by atoms with Gasteiger partial charge >= 0.3 is 0 Å². The third kappa shape index (κ3) is 6.69. The number of rotatable bonds is 8. The van der Waals surface area contributed by atoms with Crippen molar-refractivity contribution in [2.24, 2.45) is 5.41 Å². The second-order valence-electron chi connectivity index (χ2n) is 6.11. The maximum absolute atomic E-state index is 13.1. The molecule has 0 spiro atoms. The third-order valence-electron chi connectivity index (χ3n) is 3.37. The summed E-state index contributed by atoms with van der Waals surface area (Å²) in [6.07, 6.45) is 2.67. The fourth-order valence-corrected chi connectivity index (χ4v) is 2.19. The summed E-state index contributed by atoms with van der Waals surface area (Å²) in [5, 5.41) is 12.4. The summed E-state index contributed by atoms with van der Waals surface area (Å²) in [7, 11) is 0. The van der Waals surface area contributed by atoms with Crippen LogP contribution in [-0.2, 0) is 6.42 Å². The Labute approximate surface area is 116 Å². The van der Waals surface area contributed by atoms with Crippen LogP contribution in [0.1, 0.15) is 39.2 Å². The van der Waals surface area contributed by atoms with Gasteiger partial charge in [-0.15, -0.1) is 0 Å². The molecule has 0 amide bonds. The Bertz CT molecular complexity index is 379. The number of benzene rings is 1. The van der Waals surface area contributed by atoms with Crippen molar-refractivity contribution >= 4 is 0 Å². The lowest BCUT2D eigenvalue weighted by molar-refractivity contribution is 0.232. The number of halogens is 1. The summed E-state index contributed by atoms with van der Waals surface area (Å²) in [6.45, 7) is 7.67. The molecule has 0 heterocycles. The molecule has 1 aromatic rings. The van der Waals surface area contributed by atoms with Gasteiger partial charge in [-0.25, -0.2) is 4.39 Å². The van der Waals surface area contributed by atoms with Crippen molar-refractivity contribution < 1.29 is 9.50 Å². The second kappa shape index (κ2) is 7.61. The second-order valence-corrected chi connectivity index (χ2v) is 6.11. The first-order valence-corrected chi connectivity index (χ1v) is 7.02. The van der Waals surface area contributed by atoms with E-state index in [9.17, 15) is 4.39 Å². The molecule has 3 heteroatoms. The van der Waals surface area contributed by atoms with E-state index in [0.717, 1.165) is 31.4 Å². The maximum atomic E-state index is 13.1. The predicted molar refractivity (Wildman–Crippen MR) is 77.7 cm³/mol. The quantitative estimate of drug-likeness (QED) is 0.758. The first-order valence-electron chi connectivity index (χ1n) is 7.02. The van der Waals surface area contributed by atoms with E-state index in [1.54, 1.807) is 12.1 Å². The average molecular weight is 267 g/mol. The highest BCUT2D eigenvalue weighted by Gasteiger charge is 2.18. The molecular weight excluding hydrogens is 241 g/mol. The normalized spacial score (nSPS) is 13.5. The third-order valence-corrected chi connectivity index (χ3v) is 3.37. The first kappa shape index (κ1) is 16.1. The van der Waals surface area contributed by atoms with Crippen LogP contribution in [0.3, 0.4) is 0 Å². The zero-order chi connectivity index (χ0) is 14.3. The van der Waals surface area contributed by atoms with Gasteiger partial charge in [0.05, 0.1) is 0 Å². The van der Waals surface area contributed by atoms with Crippen LogP contribution >= 0.6 is 0 Å². The minimum absolute atomic E-state index is 0.173. The standard InChI is InChI=1S/C16H26FNO/c1-13(10-14-6-4-7-15(17)11-14)18-12-16(2,3)8-5-9-19/h4,6-7,11,13,18-19H,5,8-10,12H2,1-3H3. The van der Waals surface area contributed by atoms with Gasteiger partial charge in [0, 0.05) is 19.2 Å². The Kier molecular flexibility index (Phi) is 6.46. The lowest BCUT2D eigenvalue weighted by Gasteiger charge is -2.27. The van der Waals surface area contributed by atoms with Gasteiger partial charge in [0.25, 0.3) is 0 Å². The molecule has 0 bridgehead atoms. The van der Waals surface area contributed by atoms with Gasteiger partial charge in [-0.2, -0.15) is 0 Å². The molecule has 108 valence electrons. The van der Waals surface area contributed by atoms with E-state index in [1.165, 1.54) is 6.07 Å². The zero-order valence-corrected chi connectivity index (χ0v) is 12.2. The molecule has 0 saturated carbocycles. The highest BCUT2D eigenvalue weighted by atomic mass is 19.1. The molecule has 0 saturated heterocycles. The van der Waals surface area contributed by atoms with Crippen LogP contribution in [0.5, 0.6) is 0 Å². The van der Waals surface area contributed by atoms with Crippen LogP contribution in [0.25, 0.3) is 0 Å². The number of aliphatic hydroxyl groups is 1. The molecule has 0 fully saturated rings.